The summed E-state index contributed by atoms with van der Waals surface area (Å²) in [5.41, 5.74) is 6.28. The molecule has 4 rings (SSSR count). The van der Waals surface area contributed by atoms with Crippen molar-refractivity contribution in [3.63, 3.8) is 0 Å². The number of para-hydroxylation sites is 1. The molecule has 25 heavy (non-hydrogen) atoms. The van der Waals surface area contributed by atoms with Gasteiger partial charge in [0, 0.05) is 0 Å². The van der Waals surface area contributed by atoms with E-state index in [0.29, 0.717) is 33.2 Å². The summed E-state index contributed by atoms with van der Waals surface area (Å²) < 4.78 is 6.85. The van der Waals surface area contributed by atoms with E-state index in [4.69, 9.17) is 33.5 Å². The van der Waals surface area contributed by atoms with Crippen LogP contribution >= 0.6 is 35.6 Å². The van der Waals surface area contributed by atoms with Gasteiger partial charge < -0.3 is 10.3 Å². The van der Waals surface area contributed by atoms with Gasteiger partial charge in [0.05, 0.1) is 15.6 Å². The fourth-order valence-electron chi connectivity index (χ4n) is 2.68. The summed E-state index contributed by atoms with van der Waals surface area (Å²) in [6.45, 7) is 1.80. The highest BCUT2D eigenvalue weighted by atomic mass is 35.5. The predicted octanol–water partition coefficient (Wildman–Crippen LogP) is 3.69. The van der Waals surface area contributed by atoms with Gasteiger partial charge in [0.25, 0.3) is 5.89 Å². The van der Waals surface area contributed by atoms with Crippen molar-refractivity contribution in [1.82, 2.24) is 24.9 Å². The lowest BCUT2D eigenvalue weighted by Crippen LogP contribution is -2.44. The maximum atomic E-state index is 6.24. The quantitative estimate of drug-likeness (QED) is 0.719. The zero-order valence-electron chi connectivity index (χ0n) is 13.2. The Hall–Kier alpha value is -1.67. The Kier molecular flexibility index (Phi) is 4.76. The van der Waals surface area contributed by atoms with Crippen molar-refractivity contribution in [2.45, 2.75) is 31.7 Å². The molecule has 2 heterocycles. The number of aromatic nitrogens is 5. The maximum absolute atomic E-state index is 6.24. The highest BCUT2D eigenvalue weighted by Gasteiger charge is 2.39. The molecule has 2 aromatic heterocycles. The molecule has 1 aliphatic carbocycles. The number of hydrogen-bond donors (Lipinski definition) is 1. The molecule has 7 nitrogen and oxygen atoms in total. The standard InChI is InChI=1S/C15H14Cl2N6O.ClH/c1-8-19-12(13-20-14(22-24-13)15(18)6-3-7-15)21-23(8)11-9(16)4-2-5-10(11)17;/h2,4-5H,3,6-7,18H2,1H3;1H. The molecule has 0 amide bonds. The fraction of sp³-hybridized carbons (Fsp3) is 0.333. The van der Waals surface area contributed by atoms with Gasteiger partial charge in [0.15, 0.2) is 5.82 Å². The van der Waals surface area contributed by atoms with Crippen LogP contribution in [0.4, 0.5) is 0 Å². The SMILES string of the molecule is Cc1nc(-c2nc(C3(N)CCC3)no2)nn1-c1c(Cl)cccc1Cl.Cl. The second-order valence-corrected chi connectivity index (χ2v) is 6.71. The zero-order valence-corrected chi connectivity index (χ0v) is 15.6. The van der Waals surface area contributed by atoms with E-state index in [1.807, 2.05) is 0 Å². The van der Waals surface area contributed by atoms with Crippen molar-refractivity contribution in [1.29, 1.82) is 0 Å². The van der Waals surface area contributed by atoms with Crippen LogP contribution in [0.15, 0.2) is 22.7 Å². The summed E-state index contributed by atoms with van der Waals surface area (Å²) >= 11 is 12.5. The van der Waals surface area contributed by atoms with E-state index in [0.717, 1.165) is 19.3 Å². The lowest BCUT2D eigenvalue weighted by molar-refractivity contribution is 0.229. The number of rotatable bonds is 3. The monoisotopic (exact) mass is 400 g/mol. The van der Waals surface area contributed by atoms with Gasteiger partial charge in [0.1, 0.15) is 11.5 Å². The first kappa shape index (κ1) is 18.1. The maximum Gasteiger partial charge on any atom is 0.297 e. The number of nitrogens with zero attached hydrogens (tertiary/aromatic N) is 5. The highest BCUT2D eigenvalue weighted by molar-refractivity contribution is 6.37. The van der Waals surface area contributed by atoms with Crippen LogP contribution in [0, 0.1) is 6.92 Å². The van der Waals surface area contributed by atoms with Gasteiger partial charge in [-0.25, -0.2) is 9.67 Å². The van der Waals surface area contributed by atoms with Crippen LogP contribution < -0.4 is 5.73 Å². The molecule has 0 unspecified atom stereocenters. The number of hydrogen-bond acceptors (Lipinski definition) is 6. The van der Waals surface area contributed by atoms with E-state index in [-0.39, 0.29) is 18.3 Å². The Morgan fingerprint density at radius 2 is 1.88 bits per heavy atom. The first-order valence-electron chi connectivity index (χ1n) is 7.49. The molecule has 0 spiro atoms. The lowest BCUT2D eigenvalue weighted by Gasteiger charge is -2.34. The molecule has 1 aromatic carbocycles. The third-order valence-electron chi connectivity index (χ3n) is 4.23. The number of nitrogens with two attached hydrogens (primary N) is 1. The molecule has 0 atom stereocenters. The molecule has 0 aliphatic heterocycles. The van der Waals surface area contributed by atoms with Gasteiger partial charge in [-0.1, -0.05) is 34.4 Å². The van der Waals surface area contributed by atoms with E-state index >= 15 is 0 Å². The Morgan fingerprint density at radius 1 is 1.20 bits per heavy atom. The average molecular weight is 402 g/mol. The molecular formula is C15H15Cl3N6O. The summed E-state index contributed by atoms with van der Waals surface area (Å²) in [6, 6.07) is 5.25. The van der Waals surface area contributed by atoms with Crippen molar-refractivity contribution in [3.8, 4) is 17.4 Å². The third-order valence-corrected chi connectivity index (χ3v) is 4.84. The number of halogens is 3. The minimum absolute atomic E-state index is 0. The van der Waals surface area contributed by atoms with Crippen molar-refractivity contribution in [2.75, 3.05) is 0 Å². The number of benzene rings is 1. The first-order valence-corrected chi connectivity index (χ1v) is 8.25. The van der Waals surface area contributed by atoms with Crippen LogP contribution in [0.25, 0.3) is 17.4 Å². The molecule has 10 heteroatoms. The van der Waals surface area contributed by atoms with Gasteiger partial charge in [-0.2, -0.15) is 4.98 Å². The van der Waals surface area contributed by atoms with E-state index < -0.39 is 5.54 Å². The highest BCUT2D eigenvalue weighted by Crippen LogP contribution is 2.37. The van der Waals surface area contributed by atoms with Crippen molar-refractivity contribution >= 4 is 35.6 Å². The van der Waals surface area contributed by atoms with Crippen LogP contribution in [0.1, 0.15) is 30.9 Å². The normalized spacial score (nSPS) is 15.5. The summed E-state index contributed by atoms with van der Waals surface area (Å²) in [6.07, 6.45) is 2.77. The zero-order chi connectivity index (χ0) is 16.9. The second kappa shape index (κ2) is 6.57. The van der Waals surface area contributed by atoms with Gasteiger partial charge in [-0.3, -0.25) is 0 Å². The molecule has 1 aliphatic rings. The van der Waals surface area contributed by atoms with E-state index in [1.165, 1.54) is 0 Å². The average Bonchev–Trinajstić information content (AvgIpc) is 3.12. The fourth-order valence-corrected chi connectivity index (χ4v) is 3.24. The van der Waals surface area contributed by atoms with Crippen molar-refractivity contribution in [3.05, 3.63) is 39.9 Å². The van der Waals surface area contributed by atoms with Crippen LogP contribution in [0.3, 0.4) is 0 Å². The largest absolute Gasteiger partial charge is 0.330 e. The Bertz CT molecular complexity index is 898. The van der Waals surface area contributed by atoms with Crippen molar-refractivity contribution in [2.24, 2.45) is 5.73 Å². The molecule has 1 fully saturated rings. The Labute approximate surface area is 159 Å². The van der Waals surface area contributed by atoms with Crippen LogP contribution in [0.5, 0.6) is 0 Å². The van der Waals surface area contributed by atoms with E-state index in [2.05, 4.69) is 20.2 Å². The van der Waals surface area contributed by atoms with Gasteiger partial charge in [-0.05, 0) is 38.3 Å². The van der Waals surface area contributed by atoms with Crippen LogP contribution in [0.2, 0.25) is 10.0 Å². The molecule has 1 saturated carbocycles. The second-order valence-electron chi connectivity index (χ2n) is 5.90. The van der Waals surface area contributed by atoms with Crippen LogP contribution in [-0.2, 0) is 5.54 Å². The Balaban J connectivity index is 0.00000182. The van der Waals surface area contributed by atoms with Gasteiger partial charge in [0.2, 0.25) is 5.82 Å². The summed E-state index contributed by atoms with van der Waals surface area (Å²) in [5, 5.41) is 9.34. The minimum Gasteiger partial charge on any atom is -0.330 e. The van der Waals surface area contributed by atoms with E-state index in [9.17, 15) is 0 Å². The predicted molar refractivity (Wildman–Crippen MR) is 96.4 cm³/mol. The topological polar surface area (TPSA) is 95.7 Å². The summed E-state index contributed by atoms with van der Waals surface area (Å²) in [4.78, 5) is 8.74. The molecular weight excluding hydrogens is 387 g/mol. The Morgan fingerprint density at radius 3 is 2.48 bits per heavy atom. The van der Waals surface area contributed by atoms with Gasteiger partial charge in [-0.15, -0.1) is 17.5 Å². The minimum atomic E-state index is -0.495. The molecule has 0 radical (unpaired) electrons. The van der Waals surface area contributed by atoms with Crippen LogP contribution in [-0.4, -0.2) is 24.9 Å². The van der Waals surface area contributed by atoms with E-state index in [1.54, 1.807) is 29.8 Å². The summed E-state index contributed by atoms with van der Waals surface area (Å²) in [5.74, 6) is 1.64. The van der Waals surface area contributed by atoms with Gasteiger partial charge >= 0.3 is 0 Å². The molecule has 0 saturated heterocycles. The summed E-state index contributed by atoms with van der Waals surface area (Å²) in [7, 11) is 0. The lowest BCUT2D eigenvalue weighted by atomic mass is 9.77. The molecule has 3 aromatic rings. The van der Waals surface area contributed by atoms with Crippen molar-refractivity contribution < 1.29 is 4.52 Å². The molecule has 132 valence electrons. The smallest absolute Gasteiger partial charge is 0.297 e. The third kappa shape index (κ3) is 3.01. The first-order chi connectivity index (χ1) is 11.5. The molecule has 0 bridgehead atoms. The molecule has 2 N–H and O–H groups in total. The number of aryl methyl sites for hydroxylation is 1.